The maximum absolute atomic E-state index is 12.3. The third-order valence-corrected chi connectivity index (χ3v) is 5.61. The van der Waals surface area contributed by atoms with E-state index in [4.69, 9.17) is 23.8 Å². The molecule has 9 nitrogen and oxygen atoms in total. The number of amides is 1. The summed E-state index contributed by atoms with van der Waals surface area (Å²) < 4.78 is 22.2. The molecule has 0 unspecified atom stereocenters. The van der Waals surface area contributed by atoms with Crippen molar-refractivity contribution in [2.24, 2.45) is 5.92 Å². The average molecular weight is 461 g/mol. The Balaban J connectivity index is 1.61. The smallest absolute Gasteiger partial charge is 0.409 e. The van der Waals surface area contributed by atoms with E-state index in [1.807, 2.05) is 12.1 Å². The van der Waals surface area contributed by atoms with Crippen molar-refractivity contribution >= 4 is 12.1 Å². The van der Waals surface area contributed by atoms with Gasteiger partial charge in [-0.25, -0.2) is 9.59 Å². The van der Waals surface area contributed by atoms with Gasteiger partial charge in [-0.2, -0.15) is 0 Å². The van der Waals surface area contributed by atoms with Gasteiger partial charge in [0.05, 0.1) is 17.9 Å². The SMILES string of the molecule is Cc1noc(-c2ccc(O[C@@H]3CCO[C@H](C(=O)O)C3)cc2)c1COC(=O)N(C)CCC(C)C. The van der Waals surface area contributed by atoms with Crippen molar-refractivity contribution in [3.8, 4) is 17.1 Å². The first-order valence-corrected chi connectivity index (χ1v) is 11.2. The molecule has 0 spiro atoms. The number of carboxylic acids is 1. The quantitative estimate of drug-likeness (QED) is 0.590. The lowest BCUT2D eigenvalue weighted by Gasteiger charge is -2.27. The summed E-state index contributed by atoms with van der Waals surface area (Å²) in [6, 6.07) is 7.27. The molecule has 1 N–H and O–H groups in total. The zero-order valence-corrected chi connectivity index (χ0v) is 19.6. The molecule has 33 heavy (non-hydrogen) atoms. The van der Waals surface area contributed by atoms with Crippen LogP contribution in [0.5, 0.6) is 5.75 Å². The third kappa shape index (κ3) is 6.71. The number of aliphatic carboxylic acids is 1. The van der Waals surface area contributed by atoms with E-state index in [1.54, 1.807) is 31.0 Å². The fourth-order valence-electron chi connectivity index (χ4n) is 3.50. The normalized spacial score (nSPS) is 18.2. The van der Waals surface area contributed by atoms with Crippen LogP contribution < -0.4 is 4.74 Å². The Morgan fingerprint density at radius 2 is 2.00 bits per heavy atom. The van der Waals surface area contributed by atoms with Crippen LogP contribution in [0.15, 0.2) is 28.8 Å². The van der Waals surface area contributed by atoms with Gasteiger partial charge < -0.3 is 28.7 Å². The minimum atomic E-state index is -0.973. The minimum absolute atomic E-state index is 0.0619. The number of carbonyl (C=O) groups is 2. The van der Waals surface area contributed by atoms with Crippen LogP contribution in [0.3, 0.4) is 0 Å². The summed E-state index contributed by atoms with van der Waals surface area (Å²) in [5.74, 6) is 0.697. The van der Waals surface area contributed by atoms with E-state index < -0.39 is 12.1 Å². The number of benzene rings is 1. The largest absolute Gasteiger partial charge is 0.490 e. The predicted molar refractivity (Wildman–Crippen MR) is 120 cm³/mol. The average Bonchev–Trinajstić information content (AvgIpc) is 3.16. The van der Waals surface area contributed by atoms with Gasteiger partial charge in [-0.15, -0.1) is 0 Å². The number of hydrogen-bond acceptors (Lipinski definition) is 7. The molecule has 1 aromatic carbocycles. The van der Waals surface area contributed by atoms with Crippen LogP contribution in [-0.2, 0) is 20.9 Å². The van der Waals surface area contributed by atoms with E-state index >= 15 is 0 Å². The van der Waals surface area contributed by atoms with Crippen LogP contribution >= 0.6 is 0 Å². The fourth-order valence-corrected chi connectivity index (χ4v) is 3.50. The van der Waals surface area contributed by atoms with Crippen LogP contribution in [0, 0.1) is 12.8 Å². The number of carboxylic acid groups (broad SMARTS) is 1. The predicted octanol–water partition coefficient (Wildman–Crippen LogP) is 4.28. The van der Waals surface area contributed by atoms with E-state index in [-0.39, 0.29) is 18.8 Å². The van der Waals surface area contributed by atoms with Crippen molar-refractivity contribution in [2.45, 2.75) is 58.8 Å². The maximum atomic E-state index is 12.3. The molecule has 0 radical (unpaired) electrons. The van der Waals surface area contributed by atoms with Crippen molar-refractivity contribution in [1.82, 2.24) is 10.1 Å². The van der Waals surface area contributed by atoms with Crippen molar-refractivity contribution < 1.29 is 33.4 Å². The number of hydrogen-bond donors (Lipinski definition) is 1. The lowest BCUT2D eigenvalue weighted by Crippen LogP contribution is -2.37. The molecule has 2 atom stereocenters. The number of rotatable bonds is 9. The Kier molecular flexibility index (Phi) is 8.32. The standard InChI is InChI=1S/C24H32N2O7/c1-15(2)9-11-26(4)24(29)31-14-20-16(3)25-33-22(20)17-5-7-18(8-6-17)32-19-10-12-30-21(13-19)23(27)28/h5-8,15,19,21H,9-14H2,1-4H3,(H,27,28)/t19-,21+/m1/s1. The zero-order valence-electron chi connectivity index (χ0n) is 19.6. The first kappa shape index (κ1) is 24.6. The van der Waals surface area contributed by atoms with E-state index in [1.165, 1.54) is 0 Å². The van der Waals surface area contributed by atoms with Gasteiger partial charge in [0, 0.05) is 32.0 Å². The fraction of sp³-hybridized carbons (Fsp3) is 0.542. The Morgan fingerprint density at radius 1 is 1.27 bits per heavy atom. The highest BCUT2D eigenvalue weighted by molar-refractivity contribution is 5.72. The molecule has 0 saturated carbocycles. The van der Waals surface area contributed by atoms with Gasteiger partial charge in [0.1, 0.15) is 18.5 Å². The van der Waals surface area contributed by atoms with E-state index in [0.29, 0.717) is 54.7 Å². The van der Waals surface area contributed by atoms with Crippen LogP contribution in [0.25, 0.3) is 11.3 Å². The summed E-state index contributed by atoms with van der Waals surface area (Å²) >= 11 is 0. The highest BCUT2D eigenvalue weighted by Gasteiger charge is 2.29. The second-order valence-corrected chi connectivity index (χ2v) is 8.72. The second-order valence-electron chi connectivity index (χ2n) is 8.72. The summed E-state index contributed by atoms with van der Waals surface area (Å²) in [6.07, 6.45) is 0.397. The van der Waals surface area contributed by atoms with Gasteiger partial charge in [0.25, 0.3) is 0 Å². The molecule has 1 aromatic heterocycles. The number of ether oxygens (including phenoxy) is 3. The van der Waals surface area contributed by atoms with Gasteiger partial charge >= 0.3 is 12.1 Å². The molecule has 9 heteroatoms. The molecule has 1 aliphatic rings. The van der Waals surface area contributed by atoms with E-state index in [2.05, 4.69) is 19.0 Å². The van der Waals surface area contributed by atoms with Gasteiger partial charge in [0.2, 0.25) is 0 Å². The molecule has 0 bridgehead atoms. The molecule has 1 saturated heterocycles. The van der Waals surface area contributed by atoms with Gasteiger partial charge in [-0.1, -0.05) is 19.0 Å². The monoisotopic (exact) mass is 460 g/mol. The van der Waals surface area contributed by atoms with Crippen molar-refractivity contribution in [1.29, 1.82) is 0 Å². The number of carbonyl (C=O) groups excluding carboxylic acids is 1. The van der Waals surface area contributed by atoms with Crippen LogP contribution in [0.2, 0.25) is 0 Å². The molecule has 1 amide bonds. The molecule has 1 fully saturated rings. The van der Waals surface area contributed by atoms with E-state index in [0.717, 1.165) is 12.0 Å². The van der Waals surface area contributed by atoms with Gasteiger partial charge in [-0.05, 0) is 43.5 Å². The maximum Gasteiger partial charge on any atom is 0.409 e. The Morgan fingerprint density at radius 3 is 2.67 bits per heavy atom. The summed E-state index contributed by atoms with van der Waals surface area (Å²) in [4.78, 5) is 25.0. The molecule has 1 aliphatic heterocycles. The minimum Gasteiger partial charge on any atom is -0.490 e. The summed E-state index contributed by atoms with van der Waals surface area (Å²) in [5, 5.41) is 13.2. The highest BCUT2D eigenvalue weighted by atomic mass is 16.6. The van der Waals surface area contributed by atoms with Gasteiger partial charge in [0.15, 0.2) is 11.9 Å². The molecule has 2 heterocycles. The second kappa shape index (κ2) is 11.2. The van der Waals surface area contributed by atoms with Crippen molar-refractivity contribution in [3.63, 3.8) is 0 Å². The third-order valence-electron chi connectivity index (χ3n) is 5.61. The van der Waals surface area contributed by atoms with E-state index in [9.17, 15) is 9.59 Å². The van der Waals surface area contributed by atoms with Crippen molar-refractivity contribution in [3.05, 3.63) is 35.5 Å². The van der Waals surface area contributed by atoms with Crippen LogP contribution in [-0.4, -0.2) is 59.6 Å². The molecular weight excluding hydrogens is 428 g/mol. The first-order chi connectivity index (χ1) is 15.7. The molecular formula is C24H32N2O7. The van der Waals surface area contributed by atoms with Crippen LogP contribution in [0.4, 0.5) is 4.79 Å². The lowest BCUT2D eigenvalue weighted by molar-refractivity contribution is -0.156. The Bertz CT molecular complexity index is 939. The Labute approximate surface area is 193 Å². The molecule has 0 aliphatic carbocycles. The summed E-state index contributed by atoms with van der Waals surface area (Å²) in [6.45, 7) is 7.07. The number of aryl methyl sites for hydroxylation is 1. The number of nitrogens with zero attached hydrogens (tertiary/aromatic N) is 2. The Hall–Kier alpha value is -3.07. The summed E-state index contributed by atoms with van der Waals surface area (Å²) in [5.41, 5.74) is 2.14. The highest BCUT2D eigenvalue weighted by Crippen LogP contribution is 2.29. The number of aromatic nitrogens is 1. The molecule has 2 aromatic rings. The molecule has 3 rings (SSSR count). The molecule has 180 valence electrons. The van der Waals surface area contributed by atoms with Crippen LogP contribution in [0.1, 0.15) is 44.4 Å². The topological polar surface area (TPSA) is 111 Å². The zero-order chi connectivity index (χ0) is 24.0. The van der Waals surface area contributed by atoms with Gasteiger partial charge in [-0.3, -0.25) is 0 Å². The lowest BCUT2D eigenvalue weighted by atomic mass is 10.1. The van der Waals surface area contributed by atoms with Crippen molar-refractivity contribution in [2.75, 3.05) is 20.2 Å². The first-order valence-electron chi connectivity index (χ1n) is 11.2. The summed E-state index contributed by atoms with van der Waals surface area (Å²) in [7, 11) is 1.72.